The van der Waals surface area contributed by atoms with E-state index in [1.807, 2.05) is 10.6 Å². The Kier molecular flexibility index (Phi) is 7.75. The van der Waals surface area contributed by atoms with E-state index in [0.717, 1.165) is 23.9 Å². The maximum absolute atomic E-state index is 13.7. The summed E-state index contributed by atoms with van der Waals surface area (Å²) < 4.78 is 61.4. The second-order valence-electron chi connectivity index (χ2n) is 10.3. The fourth-order valence-electron chi connectivity index (χ4n) is 4.13. The summed E-state index contributed by atoms with van der Waals surface area (Å²) >= 11 is 0. The summed E-state index contributed by atoms with van der Waals surface area (Å²) in [6.07, 6.45) is -2.66. The molecule has 1 saturated heterocycles. The molecule has 4 rings (SSSR count). The summed E-state index contributed by atoms with van der Waals surface area (Å²) in [5.74, 6) is 0.390. The third kappa shape index (κ3) is 6.67. The van der Waals surface area contributed by atoms with Gasteiger partial charge in [0.25, 0.3) is 0 Å². The molecule has 0 N–H and O–H groups in total. The minimum absolute atomic E-state index is 0.272. The molecule has 0 radical (unpaired) electrons. The molecule has 0 bridgehead atoms. The predicted octanol–water partition coefficient (Wildman–Crippen LogP) is 6.35. The number of hydrogen-bond donors (Lipinski definition) is 0. The summed E-state index contributed by atoms with van der Waals surface area (Å²) in [6, 6.07) is 12.8. The number of benzene rings is 2. The van der Waals surface area contributed by atoms with Gasteiger partial charge >= 0.3 is 6.18 Å². The third-order valence-corrected chi connectivity index (χ3v) is 7.91. The van der Waals surface area contributed by atoms with Gasteiger partial charge in [0, 0.05) is 58.3 Å². The number of ether oxygens (including phenoxy) is 1. The summed E-state index contributed by atoms with van der Waals surface area (Å²) in [5, 5.41) is 0. The highest BCUT2D eigenvalue weighted by molar-refractivity contribution is 6.76. The predicted molar refractivity (Wildman–Crippen MR) is 138 cm³/mol. The van der Waals surface area contributed by atoms with Crippen molar-refractivity contribution in [2.24, 2.45) is 0 Å². The molecule has 1 fully saturated rings. The SMILES string of the molecule is C[Si](C)(C)CCOCn1cc(-c2cccc(C(F)(F)F)c2)nc1N1CCN(c2cccc(F)c2)CC1. The molecule has 194 valence electrons. The van der Waals surface area contributed by atoms with Crippen LogP contribution >= 0.6 is 0 Å². The Morgan fingerprint density at radius 1 is 0.944 bits per heavy atom. The molecule has 0 amide bonds. The summed E-state index contributed by atoms with van der Waals surface area (Å²) in [7, 11) is -1.26. The Labute approximate surface area is 210 Å². The van der Waals surface area contributed by atoms with Crippen molar-refractivity contribution in [3.05, 3.63) is 66.1 Å². The lowest BCUT2D eigenvalue weighted by Crippen LogP contribution is -2.47. The smallest absolute Gasteiger partial charge is 0.368 e. The molecule has 3 aromatic rings. The number of anilines is 2. The van der Waals surface area contributed by atoms with Gasteiger partial charge in [-0.05, 0) is 36.4 Å². The van der Waals surface area contributed by atoms with Crippen molar-refractivity contribution in [3.63, 3.8) is 0 Å². The van der Waals surface area contributed by atoms with E-state index in [0.29, 0.717) is 50.0 Å². The first-order chi connectivity index (χ1) is 17.0. The van der Waals surface area contributed by atoms with Crippen LogP contribution in [0.1, 0.15) is 5.56 Å². The van der Waals surface area contributed by atoms with Crippen LogP contribution in [0.25, 0.3) is 11.3 Å². The van der Waals surface area contributed by atoms with E-state index < -0.39 is 19.8 Å². The fraction of sp³-hybridized carbons (Fsp3) is 0.423. The number of halogens is 4. The van der Waals surface area contributed by atoms with Crippen molar-refractivity contribution in [2.75, 3.05) is 42.6 Å². The first kappa shape index (κ1) is 26.2. The second kappa shape index (κ2) is 10.6. The molecule has 0 spiro atoms. The van der Waals surface area contributed by atoms with Crippen molar-refractivity contribution >= 4 is 19.7 Å². The van der Waals surface area contributed by atoms with Gasteiger partial charge in [0.15, 0.2) is 0 Å². The Morgan fingerprint density at radius 2 is 1.64 bits per heavy atom. The van der Waals surface area contributed by atoms with Crippen LogP contribution in [0.4, 0.5) is 29.2 Å². The first-order valence-electron chi connectivity index (χ1n) is 12.1. The normalized spacial score (nSPS) is 15.0. The lowest BCUT2D eigenvalue weighted by molar-refractivity contribution is -0.137. The van der Waals surface area contributed by atoms with Gasteiger partial charge in [-0.2, -0.15) is 13.2 Å². The van der Waals surface area contributed by atoms with E-state index in [9.17, 15) is 17.6 Å². The average Bonchev–Trinajstić information content (AvgIpc) is 3.25. The Bertz CT molecular complexity index is 1170. The van der Waals surface area contributed by atoms with Gasteiger partial charge in [0.1, 0.15) is 12.5 Å². The van der Waals surface area contributed by atoms with Gasteiger partial charge in [0.2, 0.25) is 5.95 Å². The fourth-order valence-corrected chi connectivity index (χ4v) is 4.88. The number of hydrogen-bond acceptors (Lipinski definition) is 4. The second-order valence-corrected chi connectivity index (χ2v) is 15.9. The summed E-state index contributed by atoms with van der Waals surface area (Å²) in [4.78, 5) is 8.96. The topological polar surface area (TPSA) is 33.5 Å². The van der Waals surface area contributed by atoms with Crippen molar-refractivity contribution < 1.29 is 22.3 Å². The van der Waals surface area contributed by atoms with Crippen LogP contribution in [-0.4, -0.2) is 50.4 Å². The molecule has 0 unspecified atom stereocenters. The van der Waals surface area contributed by atoms with Gasteiger partial charge in [-0.1, -0.05) is 37.8 Å². The van der Waals surface area contributed by atoms with Crippen LogP contribution in [0, 0.1) is 5.82 Å². The van der Waals surface area contributed by atoms with Crippen molar-refractivity contribution in [1.29, 1.82) is 0 Å². The number of rotatable bonds is 8. The molecule has 0 aliphatic carbocycles. The molecule has 2 aromatic carbocycles. The molecular formula is C26H32F4N4OSi. The highest BCUT2D eigenvalue weighted by Crippen LogP contribution is 2.33. The molecule has 10 heteroatoms. The highest BCUT2D eigenvalue weighted by atomic mass is 28.3. The Hall–Kier alpha value is -2.85. The van der Waals surface area contributed by atoms with Gasteiger partial charge < -0.3 is 14.5 Å². The largest absolute Gasteiger partial charge is 0.416 e. The molecule has 1 aliphatic heterocycles. The van der Waals surface area contributed by atoms with Crippen molar-refractivity contribution in [1.82, 2.24) is 9.55 Å². The van der Waals surface area contributed by atoms with Gasteiger partial charge in [-0.15, -0.1) is 0 Å². The minimum Gasteiger partial charge on any atom is -0.368 e. The highest BCUT2D eigenvalue weighted by Gasteiger charge is 2.31. The van der Waals surface area contributed by atoms with E-state index >= 15 is 0 Å². The number of nitrogens with zero attached hydrogens (tertiary/aromatic N) is 4. The van der Waals surface area contributed by atoms with Gasteiger partial charge in [-0.3, -0.25) is 4.57 Å². The average molecular weight is 521 g/mol. The Morgan fingerprint density at radius 3 is 2.31 bits per heavy atom. The zero-order valence-electron chi connectivity index (χ0n) is 20.9. The number of piperazine rings is 1. The quantitative estimate of drug-likeness (QED) is 0.197. The molecule has 0 atom stereocenters. The van der Waals surface area contributed by atoms with Crippen LogP contribution < -0.4 is 9.80 Å². The van der Waals surface area contributed by atoms with E-state index in [2.05, 4.69) is 29.4 Å². The number of aromatic nitrogens is 2. The van der Waals surface area contributed by atoms with Gasteiger partial charge in [0.05, 0.1) is 11.3 Å². The molecule has 5 nitrogen and oxygen atoms in total. The van der Waals surface area contributed by atoms with Crippen LogP contribution in [0.5, 0.6) is 0 Å². The van der Waals surface area contributed by atoms with E-state index in [1.165, 1.54) is 18.2 Å². The van der Waals surface area contributed by atoms with E-state index in [1.54, 1.807) is 18.3 Å². The van der Waals surface area contributed by atoms with Gasteiger partial charge in [-0.25, -0.2) is 9.37 Å². The standard InChI is InChI=1S/C26H32F4N4OSi/c1-36(2,3)15-14-35-19-34-18-24(20-6-4-7-21(16-20)26(28,29)30)31-25(34)33-12-10-32(11-13-33)23-9-5-8-22(27)17-23/h4-9,16-18H,10-15,19H2,1-3H3. The van der Waals surface area contributed by atoms with E-state index in [4.69, 9.17) is 9.72 Å². The summed E-state index contributed by atoms with van der Waals surface area (Å²) in [5.41, 5.74) is 1.01. The first-order valence-corrected chi connectivity index (χ1v) is 15.8. The molecule has 36 heavy (non-hydrogen) atoms. The minimum atomic E-state index is -4.42. The van der Waals surface area contributed by atoms with Crippen LogP contribution in [-0.2, 0) is 17.6 Å². The zero-order valence-corrected chi connectivity index (χ0v) is 21.9. The van der Waals surface area contributed by atoms with Crippen LogP contribution in [0.15, 0.2) is 54.7 Å². The summed E-state index contributed by atoms with van der Waals surface area (Å²) in [6.45, 7) is 10.4. The van der Waals surface area contributed by atoms with Crippen molar-refractivity contribution in [3.8, 4) is 11.3 Å². The maximum Gasteiger partial charge on any atom is 0.416 e. The molecule has 0 saturated carbocycles. The lowest BCUT2D eigenvalue weighted by atomic mass is 10.1. The van der Waals surface area contributed by atoms with E-state index in [-0.39, 0.29) is 12.5 Å². The molecule has 1 aliphatic rings. The number of alkyl halides is 3. The lowest BCUT2D eigenvalue weighted by Gasteiger charge is -2.36. The number of imidazole rings is 1. The molecular weight excluding hydrogens is 488 g/mol. The Balaban J connectivity index is 1.55. The van der Waals surface area contributed by atoms with Crippen molar-refractivity contribution in [2.45, 2.75) is 38.6 Å². The maximum atomic E-state index is 13.7. The van der Waals surface area contributed by atoms with Crippen LogP contribution in [0.2, 0.25) is 25.7 Å². The monoisotopic (exact) mass is 520 g/mol. The molecule has 2 heterocycles. The molecule has 1 aromatic heterocycles. The zero-order chi connectivity index (χ0) is 25.9. The van der Waals surface area contributed by atoms with Crippen LogP contribution in [0.3, 0.4) is 0 Å². The third-order valence-electron chi connectivity index (χ3n) is 6.20.